The Hall–Kier alpha value is -3.32. The third-order valence-electron chi connectivity index (χ3n) is 6.32. The second-order valence-electron chi connectivity index (χ2n) is 8.50. The zero-order valence-electron chi connectivity index (χ0n) is 21.1. The van der Waals surface area contributed by atoms with Gasteiger partial charge < -0.3 is 24.4 Å². The summed E-state index contributed by atoms with van der Waals surface area (Å²) in [5.41, 5.74) is 1.27. The fourth-order valence-corrected chi connectivity index (χ4v) is 4.40. The summed E-state index contributed by atoms with van der Waals surface area (Å²) in [6.07, 6.45) is 1.57. The lowest BCUT2D eigenvalue weighted by atomic mass is 9.95. The number of hydrogen-bond acceptors (Lipinski definition) is 6. The first-order valence-electron chi connectivity index (χ1n) is 12.3. The number of hydrogen-bond donors (Lipinski definition) is 1. The molecule has 0 aliphatic carbocycles. The van der Waals surface area contributed by atoms with E-state index in [1.54, 1.807) is 48.4 Å². The Labute approximate surface area is 207 Å². The standard InChI is InChI=1S/C28H36N2O5/c1-5-18-35-22-15-14-21(19-23(22)34-4)25-24(26(31)20-12-9-8-10-13-20)27(32)28(33)30(25)17-11-16-29(6-2)7-3/h8-10,12-15,19,25,31H,5-7,11,16-18H2,1-4H3/b26-24+/t25-/m0/s1. The molecule has 0 saturated carbocycles. The molecule has 0 spiro atoms. The molecule has 0 unspecified atom stereocenters. The zero-order valence-corrected chi connectivity index (χ0v) is 21.1. The van der Waals surface area contributed by atoms with Gasteiger partial charge in [0, 0.05) is 12.1 Å². The van der Waals surface area contributed by atoms with Gasteiger partial charge in [-0.25, -0.2) is 0 Å². The van der Waals surface area contributed by atoms with Crippen LogP contribution in [-0.2, 0) is 9.59 Å². The van der Waals surface area contributed by atoms with Crippen LogP contribution in [0.3, 0.4) is 0 Å². The largest absolute Gasteiger partial charge is 0.507 e. The van der Waals surface area contributed by atoms with E-state index < -0.39 is 17.7 Å². The van der Waals surface area contributed by atoms with E-state index in [0.29, 0.717) is 42.2 Å². The van der Waals surface area contributed by atoms with Crippen molar-refractivity contribution in [3.05, 3.63) is 65.2 Å². The second kappa shape index (κ2) is 12.4. The summed E-state index contributed by atoms with van der Waals surface area (Å²) in [5, 5.41) is 11.2. The first-order chi connectivity index (χ1) is 17.0. The maximum Gasteiger partial charge on any atom is 0.295 e. The number of aliphatic hydroxyl groups excluding tert-OH is 1. The van der Waals surface area contributed by atoms with Crippen LogP contribution in [-0.4, -0.2) is 66.5 Å². The number of ketones is 1. The molecule has 0 aromatic heterocycles. The lowest BCUT2D eigenvalue weighted by Gasteiger charge is -2.27. The van der Waals surface area contributed by atoms with Crippen LogP contribution in [0, 0.1) is 0 Å². The lowest BCUT2D eigenvalue weighted by Crippen LogP contribution is -2.33. The third kappa shape index (κ3) is 5.85. The van der Waals surface area contributed by atoms with Gasteiger partial charge in [-0.1, -0.05) is 57.2 Å². The van der Waals surface area contributed by atoms with Crippen molar-refractivity contribution in [2.45, 2.75) is 39.7 Å². The predicted octanol–water partition coefficient (Wildman–Crippen LogP) is 4.64. The van der Waals surface area contributed by atoms with Gasteiger partial charge in [0.25, 0.3) is 11.7 Å². The SMILES string of the molecule is CCCOc1ccc([C@H]2/C(=C(\O)c3ccccc3)C(=O)C(=O)N2CCCN(CC)CC)cc1OC. The van der Waals surface area contributed by atoms with Crippen molar-refractivity contribution in [3.8, 4) is 11.5 Å². The molecule has 1 saturated heterocycles. The van der Waals surface area contributed by atoms with Gasteiger partial charge in [0.15, 0.2) is 11.5 Å². The summed E-state index contributed by atoms with van der Waals surface area (Å²) in [5.74, 6) is -0.337. The van der Waals surface area contributed by atoms with Gasteiger partial charge >= 0.3 is 0 Å². The van der Waals surface area contributed by atoms with Crippen LogP contribution in [0.1, 0.15) is 50.8 Å². The fourth-order valence-electron chi connectivity index (χ4n) is 4.40. The number of aliphatic hydroxyl groups is 1. The van der Waals surface area contributed by atoms with Gasteiger partial charge in [-0.3, -0.25) is 9.59 Å². The number of ether oxygens (including phenoxy) is 2. The minimum Gasteiger partial charge on any atom is -0.507 e. The Morgan fingerprint density at radius 2 is 1.74 bits per heavy atom. The summed E-state index contributed by atoms with van der Waals surface area (Å²) in [6, 6.07) is 13.5. The van der Waals surface area contributed by atoms with Crippen molar-refractivity contribution < 1.29 is 24.2 Å². The number of methoxy groups -OCH3 is 1. The average Bonchev–Trinajstić information content (AvgIpc) is 3.14. The van der Waals surface area contributed by atoms with Crippen molar-refractivity contribution >= 4 is 17.4 Å². The number of carbonyl (C=O) groups excluding carboxylic acids is 2. The van der Waals surface area contributed by atoms with E-state index in [2.05, 4.69) is 18.7 Å². The van der Waals surface area contributed by atoms with Crippen LogP contribution in [0.15, 0.2) is 54.1 Å². The minimum atomic E-state index is -0.721. The minimum absolute atomic E-state index is 0.0910. The summed E-state index contributed by atoms with van der Waals surface area (Å²) in [4.78, 5) is 30.2. The first kappa shape index (κ1) is 26.3. The molecule has 1 amide bonds. The highest BCUT2D eigenvalue weighted by molar-refractivity contribution is 6.46. The van der Waals surface area contributed by atoms with Crippen molar-refractivity contribution in [1.82, 2.24) is 9.80 Å². The van der Waals surface area contributed by atoms with Crippen LogP contribution in [0.4, 0.5) is 0 Å². The van der Waals surface area contributed by atoms with E-state index in [4.69, 9.17) is 9.47 Å². The first-order valence-corrected chi connectivity index (χ1v) is 12.3. The smallest absolute Gasteiger partial charge is 0.295 e. The normalized spacial score (nSPS) is 17.3. The molecule has 0 radical (unpaired) electrons. The van der Waals surface area contributed by atoms with Crippen LogP contribution in [0.5, 0.6) is 11.5 Å². The molecule has 1 atom stereocenters. The lowest BCUT2D eigenvalue weighted by molar-refractivity contribution is -0.140. The van der Waals surface area contributed by atoms with Gasteiger partial charge in [-0.05, 0) is 50.2 Å². The Kier molecular flexibility index (Phi) is 9.32. The molecular weight excluding hydrogens is 444 g/mol. The molecule has 1 N–H and O–H groups in total. The number of benzene rings is 2. The maximum atomic E-state index is 13.2. The molecule has 2 aromatic carbocycles. The molecule has 2 aromatic rings. The van der Waals surface area contributed by atoms with Crippen molar-refractivity contribution in [2.75, 3.05) is 39.9 Å². The Balaban J connectivity index is 2.05. The van der Waals surface area contributed by atoms with Crippen LogP contribution < -0.4 is 9.47 Å². The van der Waals surface area contributed by atoms with Gasteiger partial charge in [-0.15, -0.1) is 0 Å². The fraction of sp³-hybridized carbons (Fsp3) is 0.429. The van der Waals surface area contributed by atoms with E-state index in [1.807, 2.05) is 19.1 Å². The number of likely N-dealkylation sites (tertiary alicyclic amines) is 1. The van der Waals surface area contributed by atoms with E-state index >= 15 is 0 Å². The molecule has 1 fully saturated rings. The second-order valence-corrected chi connectivity index (χ2v) is 8.50. The zero-order chi connectivity index (χ0) is 25.4. The molecule has 3 rings (SSSR count). The number of rotatable bonds is 12. The Morgan fingerprint density at radius 3 is 2.37 bits per heavy atom. The summed E-state index contributed by atoms with van der Waals surface area (Å²) in [6.45, 7) is 9.83. The molecule has 0 bridgehead atoms. The molecule has 7 heteroatoms. The maximum absolute atomic E-state index is 13.2. The summed E-state index contributed by atoms with van der Waals surface area (Å²) >= 11 is 0. The van der Waals surface area contributed by atoms with Gasteiger partial charge in [0.1, 0.15) is 5.76 Å². The number of Topliss-reactive ketones (excluding diaryl/α,β-unsaturated/α-hetero) is 1. The highest BCUT2D eigenvalue weighted by Crippen LogP contribution is 2.42. The number of amides is 1. The van der Waals surface area contributed by atoms with Crippen molar-refractivity contribution in [3.63, 3.8) is 0 Å². The molecule has 35 heavy (non-hydrogen) atoms. The quantitative estimate of drug-likeness (QED) is 0.271. The van der Waals surface area contributed by atoms with E-state index in [9.17, 15) is 14.7 Å². The molecule has 1 aliphatic heterocycles. The van der Waals surface area contributed by atoms with E-state index in [1.165, 1.54) is 0 Å². The number of nitrogens with zero attached hydrogens (tertiary/aromatic N) is 2. The molecule has 188 valence electrons. The Bertz CT molecular complexity index is 1050. The molecule has 1 heterocycles. The van der Waals surface area contributed by atoms with Crippen LogP contribution in [0.2, 0.25) is 0 Å². The van der Waals surface area contributed by atoms with Gasteiger partial charge in [-0.2, -0.15) is 0 Å². The topological polar surface area (TPSA) is 79.3 Å². The average molecular weight is 481 g/mol. The molecule has 7 nitrogen and oxygen atoms in total. The third-order valence-corrected chi connectivity index (χ3v) is 6.32. The molecule has 1 aliphatic rings. The van der Waals surface area contributed by atoms with Crippen LogP contribution >= 0.6 is 0 Å². The predicted molar refractivity (Wildman–Crippen MR) is 137 cm³/mol. The summed E-state index contributed by atoms with van der Waals surface area (Å²) < 4.78 is 11.3. The highest BCUT2D eigenvalue weighted by Gasteiger charge is 2.46. The van der Waals surface area contributed by atoms with Crippen LogP contribution in [0.25, 0.3) is 5.76 Å². The van der Waals surface area contributed by atoms with Crippen molar-refractivity contribution in [2.24, 2.45) is 0 Å². The highest BCUT2D eigenvalue weighted by atomic mass is 16.5. The molecular formula is C28H36N2O5. The van der Waals surface area contributed by atoms with Crippen molar-refractivity contribution in [1.29, 1.82) is 0 Å². The Morgan fingerprint density at radius 1 is 1.03 bits per heavy atom. The van der Waals surface area contributed by atoms with Gasteiger partial charge in [0.05, 0.1) is 25.3 Å². The summed E-state index contributed by atoms with van der Waals surface area (Å²) in [7, 11) is 1.56. The van der Waals surface area contributed by atoms with Gasteiger partial charge in [0.2, 0.25) is 0 Å². The van der Waals surface area contributed by atoms with E-state index in [-0.39, 0.29) is 11.3 Å². The number of carbonyl (C=O) groups is 2. The van der Waals surface area contributed by atoms with E-state index in [0.717, 1.165) is 26.1 Å². The monoisotopic (exact) mass is 480 g/mol.